The summed E-state index contributed by atoms with van der Waals surface area (Å²) in [6.45, 7) is 4.75. The van der Waals surface area contributed by atoms with Crippen molar-refractivity contribution >= 4 is 27.3 Å². The van der Waals surface area contributed by atoms with E-state index in [-0.39, 0.29) is 10.9 Å². The molecular weight excluding hydrogens is 296 g/mol. The molecule has 0 aliphatic heterocycles. The normalized spacial score (nSPS) is 16.1. The standard InChI is InChI=1S/C14H21ClN2O2S/c1-10(2)7-8-17(11-3-4-11)20(18,19)12-5-6-13(15)14(16)9-12/h5-6,9-11H,3-4,7-8,16H2,1-2H3. The molecule has 1 saturated carbocycles. The van der Waals surface area contributed by atoms with Crippen LogP contribution in [0.5, 0.6) is 0 Å². The molecule has 0 unspecified atom stereocenters. The summed E-state index contributed by atoms with van der Waals surface area (Å²) in [6.07, 6.45) is 2.75. The number of hydrogen-bond acceptors (Lipinski definition) is 3. The van der Waals surface area contributed by atoms with E-state index in [1.54, 1.807) is 4.31 Å². The quantitative estimate of drug-likeness (QED) is 0.820. The predicted molar refractivity (Wildman–Crippen MR) is 82.2 cm³/mol. The van der Waals surface area contributed by atoms with Gasteiger partial charge in [-0.3, -0.25) is 0 Å². The lowest BCUT2D eigenvalue weighted by molar-refractivity contribution is 0.373. The second kappa shape index (κ2) is 5.92. The molecule has 1 fully saturated rings. The zero-order chi connectivity index (χ0) is 14.9. The second-order valence-corrected chi connectivity index (χ2v) is 8.01. The van der Waals surface area contributed by atoms with Gasteiger partial charge in [-0.2, -0.15) is 4.31 Å². The van der Waals surface area contributed by atoms with Gasteiger partial charge >= 0.3 is 0 Å². The van der Waals surface area contributed by atoms with Crippen LogP contribution in [0.4, 0.5) is 5.69 Å². The first-order valence-corrected chi connectivity index (χ1v) is 8.71. The highest BCUT2D eigenvalue weighted by Gasteiger charge is 2.37. The summed E-state index contributed by atoms with van der Waals surface area (Å²) in [4.78, 5) is 0.232. The molecule has 2 N–H and O–H groups in total. The molecule has 0 amide bonds. The van der Waals surface area contributed by atoms with Crippen LogP contribution in [0.2, 0.25) is 5.02 Å². The van der Waals surface area contributed by atoms with Crippen molar-refractivity contribution in [2.75, 3.05) is 12.3 Å². The maximum Gasteiger partial charge on any atom is 0.243 e. The fourth-order valence-electron chi connectivity index (χ4n) is 2.06. The van der Waals surface area contributed by atoms with E-state index in [2.05, 4.69) is 13.8 Å². The molecule has 0 atom stereocenters. The van der Waals surface area contributed by atoms with Gasteiger partial charge in [0.15, 0.2) is 0 Å². The van der Waals surface area contributed by atoms with Gasteiger partial charge in [-0.05, 0) is 43.4 Å². The molecule has 0 aromatic heterocycles. The minimum absolute atomic E-state index is 0.149. The van der Waals surface area contributed by atoms with Crippen LogP contribution in [0, 0.1) is 5.92 Å². The minimum atomic E-state index is -3.48. The Labute approximate surface area is 126 Å². The average molecular weight is 317 g/mol. The Morgan fingerprint density at radius 2 is 2.05 bits per heavy atom. The topological polar surface area (TPSA) is 63.4 Å². The van der Waals surface area contributed by atoms with Gasteiger partial charge in [0.2, 0.25) is 10.0 Å². The summed E-state index contributed by atoms with van der Waals surface area (Å²) in [5.74, 6) is 0.474. The Morgan fingerprint density at radius 3 is 2.55 bits per heavy atom. The van der Waals surface area contributed by atoms with Gasteiger partial charge < -0.3 is 5.73 Å². The summed E-state index contributed by atoms with van der Waals surface area (Å²) in [6, 6.07) is 4.66. The summed E-state index contributed by atoms with van der Waals surface area (Å²) in [7, 11) is -3.48. The van der Waals surface area contributed by atoms with E-state index < -0.39 is 10.0 Å². The van der Waals surface area contributed by atoms with Crippen molar-refractivity contribution in [2.24, 2.45) is 5.92 Å². The first-order valence-electron chi connectivity index (χ1n) is 6.89. The Morgan fingerprint density at radius 1 is 1.40 bits per heavy atom. The minimum Gasteiger partial charge on any atom is -0.397 e. The van der Waals surface area contributed by atoms with Gasteiger partial charge in [-0.1, -0.05) is 25.4 Å². The smallest absolute Gasteiger partial charge is 0.243 e. The fourth-order valence-corrected chi connectivity index (χ4v) is 3.92. The van der Waals surface area contributed by atoms with Gasteiger partial charge in [-0.25, -0.2) is 8.42 Å². The molecule has 6 heteroatoms. The van der Waals surface area contributed by atoms with Crippen molar-refractivity contribution in [3.8, 4) is 0 Å². The van der Waals surface area contributed by atoms with Crippen molar-refractivity contribution in [2.45, 2.75) is 44.0 Å². The monoisotopic (exact) mass is 316 g/mol. The van der Waals surface area contributed by atoms with E-state index in [1.807, 2.05) is 0 Å². The highest BCUT2D eigenvalue weighted by molar-refractivity contribution is 7.89. The number of nitrogens with two attached hydrogens (primary N) is 1. The molecule has 1 aliphatic rings. The molecule has 0 heterocycles. The molecule has 112 valence electrons. The summed E-state index contributed by atoms with van der Waals surface area (Å²) < 4.78 is 27.1. The Kier molecular flexibility index (Phi) is 4.62. The third kappa shape index (κ3) is 3.45. The zero-order valence-electron chi connectivity index (χ0n) is 11.8. The number of nitrogens with zero attached hydrogens (tertiary/aromatic N) is 1. The lowest BCUT2D eigenvalue weighted by atomic mass is 10.1. The van der Waals surface area contributed by atoms with Gasteiger partial charge in [0.1, 0.15) is 0 Å². The Balaban J connectivity index is 2.27. The summed E-state index contributed by atoms with van der Waals surface area (Å²) in [5.41, 5.74) is 6.01. The predicted octanol–water partition coefficient (Wildman–Crippen LogP) is 3.12. The number of nitrogen functional groups attached to an aromatic ring is 1. The maximum atomic E-state index is 12.7. The van der Waals surface area contributed by atoms with Crippen LogP contribution in [-0.4, -0.2) is 25.3 Å². The summed E-state index contributed by atoms with van der Waals surface area (Å²) in [5, 5.41) is 0.379. The van der Waals surface area contributed by atoms with E-state index in [0.29, 0.717) is 23.2 Å². The van der Waals surface area contributed by atoms with Crippen molar-refractivity contribution < 1.29 is 8.42 Å². The Hall–Kier alpha value is -0.780. The number of hydrogen-bond donors (Lipinski definition) is 1. The van der Waals surface area contributed by atoms with Crippen LogP contribution in [0.3, 0.4) is 0 Å². The molecule has 0 spiro atoms. The van der Waals surface area contributed by atoms with Crippen LogP contribution in [-0.2, 0) is 10.0 Å². The van der Waals surface area contributed by atoms with Gasteiger partial charge in [0.05, 0.1) is 15.6 Å². The lowest BCUT2D eigenvalue weighted by Gasteiger charge is -2.23. The number of benzene rings is 1. The fraction of sp³-hybridized carbons (Fsp3) is 0.571. The zero-order valence-corrected chi connectivity index (χ0v) is 13.4. The molecule has 4 nitrogen and oxygen atoms in total. The largest absolute Gasteiger partial charge is 0.397 e. The van der Waals surface area contributed by atoms with E-state index in [1.165, 1.54) is 18.2 Å². The third-order valence-electron chi connectivity index (χ3n) is 3.46. The second-order valence-electron chi connectivity index (χ2n) is 5.71. The first-order chi connectivity index (χ1) is 9.32. The van der Waals surface area contributed by atoms with Crippen molar-refractivity contribution in [3.63, 3.8) is 0 Å². The number of halogens is 1. The van der Waals surface area contributed by atoms with Gasteiger partial charge in [0, 0.05) is 12.6 Å². The molecule has 2 rings (SSSR count). The number of sulfonamides is 1. The number of rotatable bonds is 6. The van der Waals surface area contributed by atoms with E-state index in [9.17, 15) is 8.42 Å². The van der Waals surface area contributed by atoms with Gasteiger partial charge in [-0.15, -0.1) is 0 Å². The molecule has 20 heavy (non-hydrogen) atoms. The van der Waals surface area contributed by atoms with E-state index in [4.69, 9.17) is 17.3 Å². The van der Waals surface area contributed by atoms with Crippen LogP contribution in [0.25, 0.3) is 0 Å². The summed E-state index contributed by atoms with van der Waals surface area (Å²) >= 11 is 5.85. The van der Waals surface area contributed by atoms with Crippen LogP contribution < -0.4 is 5.73 Å². The van der Waals surface area contributed by atoms with Crippen molar-refractivity contribution in [1.29, 1.82) is 0 Å². The molecule has 0 bridgehead atoms. The van der Waals surface area contributed by atoms with E-state index >= 15 is 0 Å². The van der Waals surface area contributed by atoms with Crippen molar-refractivity contribution in [1.82, 2.24) is 4.31 Å². The molecular formula is C14H21ClN2O2S. The lowest BCUT2D eigenvalue weighted by Crippen LogP contribution is -2.34. The van der Waals surface area contributed by atoms with Crippen molar-refractivity contribution in [3.05, 3.63) is 23.2 Å². The molecule has 1 aromatic rings. The molecule has 0 saturated heterocycles. The molecule has 1 aliphatic carbocycles. The van der Waals surface area contributed by atoms with Crippen LogP contribution >= 0.6 is 11.6 Å². The highest BCUT2D eigenvalue weighted by atomic mass is 35.5. The first kappa shape index (κ1) is 15.6. The Bertz CT molecular complexity index is 583. The molecule has 1 aromatic carbocycles. The highest BCUT2D eigenvalue weighted by Crippen LogP contribution is 2.33. The average Bonchev–Trinajstić information content (AvgIpc) is 3.16. The van der Waals surface area contributed by atoms with Gasteiger partial charge in [0.25, 0.3) is 0 Å². The third-order valence-corrected chi connectivity index (χ3v) is 5.75. The van der Waals surface area contributed by atoms with E-state index in [0.717, 1.165) is 19.3 Å². The van der Waals surface area contributed by atoms with Crippen LogP contribution in [0.1, 0.15) is 33.1 Å². The SMILES string of the molecule is CC(C)CCN(C1CC1)S(=O)(=O)c1ccc(Cl)c(N)c1. The maximum absolute atomic E-state index is 12.7. The molecule has 0 radical (unpaired) electrons. The van der Waals surface area contributed by atoms with Crippen LogP contribution in [0.15, 0.2) is 23.1 Å². The number of anilines is 1.